The largest absolute Gasteiger partial charge is 0.398 e. The third-order valence-electron chi connectivity index (χ3n) is 2.64. The third-order valence-corrected chi connectivity index (χ3v) is 2.64. The molecule has 0 unspecified atom stereocenters. The lowest BCUT2D eigenvalue weighted by molar-refractivity contribution is 0.0951. The summed E-state index contributed by atoms with van der Waals surface area (Å²) in [6.45, 7) is 2.23. The molecule has 1 amide bonds. The number of carbonyl (C=O) groups is 1. The molecule has 0 spiro atoms. The molecular weight excluding hydrogens is 228 g/mol. The van der Waals surface area contributed by atoms with Crippen LogP contribution in [0.5, 0.6) is 0 Å². The van der Waals surface area contributed by atoms with Gasteiger partial charge in [-0.15, -0.1) is 0 Å². The number of para-hydroxylation sites is 1. The van der Waals surface area contributed by atoms with E-state index in [0.717, 1.165) is 11.3 Å². The summed E-state index contributed by atoms with van der Waals surface area (Å²) in [5, 5.41) is 2.77. The van der Waals surface area contributed by atoms with Crippen LogP contribution in [0, 0.1) is 6.92 Å². The van der Waals surface area contributed by atoms with Gasteiger partial charge in [-0.25, -0.2) is 9.97 Å². The molecule has 0 radical (unpaired) electrons. The van der Waals surface area contributed by atoms with Crippen LogP contribution >= 0.6 is 0 Å². The minimum absolute atomic E-state index is 0.199. The summed E-state index contributed by atoms with van der Waals surface area (Å²) >= 11 is 0. The van der Waals surface area contributed by atoms with Crippen LogP contribution in [-0.2, 0) is 6.54 Å². The number of hydrogen-bond donors (Lipinski definition) is 2. The Morgan fingerprint density at radius 3 is 2.94 bits per heavy atom. The van der Waals surface area contributed by atoms with Gasteiger partial charge in [-0.3, -0.25) is 4.79 Å². The molecular formula is C13H14N4O. The van der Waals surface area contributed by atoms with E-state index in [0.29, 0.717) is 17.8 Å². The van der Waals surface area contributed by atoms with Crippen molar-refractivity contribution in [2.24, 2.45) is 0 Å². The van der Waals surface area contributed by atoms with E-state index in [1.165, 1.54) is 6.33 Å². The standard InChI is InChI=1S/C13H14N4O/c1-9-3-2-4-11(12(9)14)13(18)16-7-10-5-6-15-8-17-10/h2-6,8H,7,14H2,1H3,(H,16,18). The van der Waals surface area contributed by atoms with Crippen molar-refractivity contribution >= 4 is 11.6 Å². The number of aromatic nitrogens is 2. The Hall–Kier alpha value is -2.43. The maximum absolute atomic E-state index is 12.0. The highest BCUT2D eigenvalue weighted by Gasteiger charge is 2.10. The highest BCUT2D eigenvalue weighted by atomic mass is 16.1. The van der Waals surface area contributed by atoms with Crippen LogP contribution in [0.25, 0.3) is 0 Å². The summed E-state index contributed by atoms with van der Waals surface area (Å²) in [5.41, 5.74) is 8.52. The number of hydrogen-bond acceptors (Lipinski definition) is 4. The number of anilines is 1. The number of nitrogens with two attached hydrogens (primary N) is 1. The van der Waals surface area contributed by atoms with Gasteiger partial charge in [-0.2, -0.15) is 0 Å². The second-order valence-electron chi connectivity index (χ2n) is 3.92. The van der Waals surface area contributed by atoms with Crippen molar-refractivity contribution in [2.75, 3.05) is 5.73 Å². The lowest BCUT2D eigenvalue weighted by atomic mass is 10.1. The summed E-state index contributed by atoms with van der Waals surface area (Å²) in [5.74, 6) is -0.199. The van der Waals surface area contributed by atoms with E-state index < -0.39 is 0 Å². The van der Waals surface area contributed by atoms with Gasteiger partial charge in [0.05, 0.1) is 17.8 Å². The molecule has 1 aromatic carbocycles. The van der Waals surface area contributed by atoms with Crippen molar-refractivity contribution in [2.45, 2.75) is 13.5 Å². The van der Waals surface area contributed by atoms with E-state index in [1.807, 2.05) is 19.1 Å². The molecule has 2 rings (SSSR count). The fourth-order valence-corrected chi connectivity index (χ4v) is 1.57. The Labute approximate surface area is 105 Å². The van der Waals surface area contributed by atoms with Crippen LogP contribution in [0.4, 0.5) is 5.69 Å². The smallest absolute Gasteiger partial charge is 0.253 e. The SMILES string of the molecule is Cc1cccc(C(=O)NCc2ccncn2)c1N. The van der Waals surface area contributed by atoms with Crippen molar-refractivity contribution in [3.05, 3.63) is 53.6 Å². The molecule has 0 bridgehead atoms. The minimum Gasteiger partial charge on any atom is -0.398 e. The first kappa shape index (κ1) is 12.0. The molecule has 5 heteroatoms. The minimum atomic E-state index is -0.199. The van der Waals surface area contributed by atoms with Gasteiger partial charge in [-0.1, -0.05) is 12.1 Å². The Bertz CT molecular complexity index is 554. The quantitative estimate of drug-likeness (QED) is 0.795. The zero-order valence-corrected chi connectivity index (χ0v) is 10.1. The van der Waals surface area contributed by atoms with Crippen LogP contribution in [-0.4, -0.2) is 15.9 Å². The van der Waals surface area contributed by atoms with Crippen LogP contribution in [0.15, 0.2) is 36.8 Å². The Balaban J connectivity index is 2.07. The summed E-state index contributed by atoms with van der Waals surface area (Å²) in [7, 11) is 0. The highest BCUT2D eigenvalue weighted by molar-refractivity contribution is 5.99. The number of rotatable bonds is 3. The number of nitrogen functional groups attached to an aromatic ring is 1. The zero-order valence-electron chi connectivity index (χ0n) is 10.1. The molecule has 1 heterocycles. The fourth-order valence-electron chi connectivity index (χ4n) is 1.57. The fraction of sp³-hybridized carbons (Fsp3) is 0.154. The van der Waals surface area contributed by atoms with Gasteiger partial charge in [0.2, 0.25) is 0 Å². The molecule has 0 aliphatic carbocycles. The van der Waals surface area contributed by atoms with Crippen LogP contribution < -0.4 is 11.1 Å². The number of carbonyl (C=O) groups excluding carboxylic acids is 1. The van der Waals surface area contributed by atoms with Crippen molar-refractivity contribution in [1.82, 2.24) is 15.3 Å². The topological polar surface area (TPSA) is 80.9 Å². The number of nitrogens with zero attached hydrogens (tertiary/aromatic N) is 2. The maximum atomic E-state index is 12.0. The molecule has 5 nitrogen and oxygen atoms in total. The first-order chi connectivity index (χ1) is 8.68. The number of amides is 1. The molecule has 0 fully saturated rings. The molecule has 0 aliphatic heterocycles. The first-order valence-corrected chi connectivity index (χ1v) is 5.56. The molecule has 0 aliphatic rings. The van der Waals surface area contributed by atoms with E-state index in [-0.39, 0.29) is 5.91 Å². The molecule has 0 saturated carbocycles. The van der Waals surface area contributed by atoms with Gasteiger partial charge < -0.3 is 11.1 Å². The van der Waals surface area contributed by atoms with E-state index in [1.54, 1.807) is 18.3 Å². The summed E-state index contributed by atoms with van der Waals surface area (Å²) in [6.07, 6.45) is 3.08. The average Bonchev–Trinajstić information content (AvgIpc) is 2.40. The number of nitrogens with one attached hydrogen (secondary N) is 1. The molecule has 0 saturated heterocycles. The van der Waals surface area contributed by atoms with Crippen molar-refractivity contribution in [3.8, 4) is 0 Å². The van der Waals surface area contributed by atoms with E-state index in [9.17, 15) is 4.79 Å². The first-order valence-electron chi connectivity index (χ1n) is 5.56. The predicted molar refractivity (Wildman–Crippen MR) is 68.8 cm³/mol. The summed E-state index contributed by atoms with van der Waals surface area (Å²) in [4.78, 5) is 19.8. The maximum Gasteiger partial charge on any atom is 0.253 e. The van der Waals surface area contributed by atoms with Crippen LogP contribution in [0.3, 0.4) is 0 Å². The third kappa shape index (κ3) is 2.63. The average molecular weight is 242 g/mol. The second-order valence-corrected chi connectivity index (χ2v) is 3.92. The molecule has 3 N–H and O–H groups in total. The van der Waals surface area contributed by atoms with Gasteiger partial charge in [0.15, 0.2) is 0 Å². The van der Waals surface area contributed by atoms with E-state index in [4.69, 9.17) is 5.73 Å². The lowest BCUT2D eigenvalue weighted by Crippen LogP contribution is -2.24. The van der Waals surface area contributed by atoms with Crippen LogP contribution in [0.1, 0.15) is 21.6 Å². The van der Waals surface area contributed by atoms with Gasteiger partial charge in [0, 0.05) is 11.9 Å². The van der Waals surface area contributed by atoms with Crippen molar-refractivity contribution in [1.29, 1.82) is 0 Å². The molecule has 18 heavy (non-hydrogen) atoms. The van der Waals surface area contributed by atoms with Gasteiger partial charge in [-0.05, 0) is 24.6 Å². The highest BCUT2D eigenvalue weighted by Crippen LogP contribution is 2.16. The lowest BCUT2D eigenvalue weighted by Gasteiger charge is -2.08. The Kier molecular flexibility index (Phi) is 3.52. The number of aryl methyl sites for hydroxylation is 1. The molecule has 92 valence electrons. The molecule has 0 atom stereocenters. The van der Waals surface area contributed by atoms with Crippen LogP contribution in [0.2, 0.25) is 0 Å². The molecule has 1 aromatic heterocycles. The Morgan fingerprint density at radius 1 is 1.39 bits per heavy atom. The summed E-state index contributed by atoms with van der Waals surface area (Å²) in [6, 6.07) is 7.14. The zero-order chi connectivity index (χ0) is 13.0. The van der Waals surface area contributed by atoms with Gasteiger partial charge >= 0.3 is 0 Å². The van der Waals surface area contributed by atoms with Gasteiger partial charge in [0.1, 0.15) is 6.33 Å². The Morgan fingerprint density at radius 2 is 2.22 bits per heavy atom. The van der Waals surface area contributed by atoms with Crippen molar-refractivity contribution < 1.29 is 4.79 Å². The predicted octanol–water partition coefficient (Wildman–Crippen LogP) is 1.30. The van der Waals surface area contributed by atoms with Crippen molar-refractivity contribution in [3.63, 3.8) is 0 Å². The normalized spacial score (nSPS) is 10.1. The molecule has 2 aromatic rings. The second kappa shape index (κ2) is 5.27. The summed E-state index contributed by atoms with van der Waals surface area (Å²) < 4.78 is 0. The van der Waals surface area contributed by atoms with E-state index in [2.05, 4.69) is 15.3 Å². The van der Waals surface area contributed by atoms with E-state index >= 15 is 0 Å². The monoisotopic (exact) mass is 242 g/mol. The van der Waals surface area contributed by atoms with Gasteiger partial charge in [0.25, 0.3) is 5.91 Å². The number of benzene rings is 1.